The molecule has 0 amide bonds. The number of guanidine groups is 1. The third-order valence-corrected chi connectivity index (χ3v) is 5.29. The molecule has 1 aliphatic rings. The largest absolute Gasteiger partial charge is 0.353 e. The van der Waals surface area contributed by atoms with E-state index in [4.69, 9.17) is 0 Å². The second kappa shape index (κ2) is 7.00. The first-order valence-corrected chi connectivity index (χ1v) is 9.75. The van der Waals surface area contributed by atoms with Crippen molar-refractivity contribution in [1.82, 2.24) is 4.90 Å². The SMILES string of the molecule is CN(C)C1=NS(=O)(=O)N(c2ccccc2)C(C(=O)c2ccc(Br)cc2)=N1. The van der Waals surface area contributed by atoms with Crippen molar-refractivity contribution in [3.8, 4) is 0 Å². The number of hydrogen-bond donors (Lipinski definition) is 0. The van der Waals surface area contributed by atoms with Gasteiger partial charge in [-0.25, -0.2) is 0 Å². The van der Waals surface area contributed by atoms with Gasteiger partial charge in [-0.15, -0.1) is 4.40 Å². The zero-order valence-corrected chi connectivity index (χ0v) is 16.4. The molecule has 26 heavy (non-hydrogen) atoms. The van der Waals surface area contributed by atoms with Crippen LogP contribution in [0.2, 0.25) is 0 Å². The number of nitrogens with zero attached hydrogens (tertiary/aromatic N) is 4. The predicted octanol–water partition coefficient (Wildman–Crippen LogP) is 2.71. The van der Waals surface area contributed by atoms with Crippen molar-refractivity contribution >= 4 is 49.4 Å². The lowest BCUT2D eigenvalue weighted by Crippen LogP contribution is -2.45. The van der Waals surface area contributed by atoms with Gasteiger partial charge in [-0.05, 0) is 36.4 Å². The molecule has 7 nitrogen and oxygen atoms in total. The molecule has 0 spiro atoms. The molecule has 9 heteroatoms. The van der Waals surface area contributed by atoms with Crippen molar-refractivity contribution in [2.45, 2.75) is 0 Å². The lowest BCUT2D eigenvalue weighted by Gasteiger charge is -2.27. The average Bonchev–Trinajstić information content (AvgIpc) is 2.61. The number of ketones is 1. The highest BCUT2D eigenvalue weighted by Gasteiger charge is 2.36. The van der Waals surface area contributed by atoms with Gasteiger partial charge in [0, 0.05) is 24.1 Å². The number of anilines is 1. The van der Waals surface area contributed by atoms with E-state index in [2.05, 4.69) is 25.3 Å². The minimum Gasteiger partial charge on any atom is -0.346 e. The highest BCUT2D eigenvalue weighted by atomic mass is 79.9. The number of amidine groups is 1. The summed E-state index contributed by atoms with van der Waals surface area (Å²) in [7, 11) is -0.945. The van der Waals surface area contributed by atoms with E-state index in [1.807, 2.05) is 0 Å². The first-order chi connectivity index (χ1) is 12.3. The van der Waals surface area contributed by atoms with Crippen LogP contribution < -0.4 is 4.31 Å². The molecule has 2 aromatic rings. The molecule has 3 rings (SSSR count). The van der Waals surface area contributed by atoms with Crippen LogP contribution in [0, 0.1) is 0 Å². The summed E-state index contributed by atoms with van der Waals surface area (Å²) in [5.74, 6) is -0.797. The predicted molar refractivity (Wildman–Crippen MR) is 105 cm³/mol. The maximum atomic E-state index is 13.0. The molecule has 0 fully saturated rings. The highest BCUT2D eigenvalue weighted by molar-refractivity contribution is 9.10. The standard InChI is InChI=1S/C17H15BrN4O3S/c1-21(2)17-19-16(15(23)12-8-10-13(18)11-9-12)22(26(24,25)20-17)14-6-4-3-5-7-14/h3-11H,1-2H3. The molecule has 0 aromatic heterocycles. The van der Waals surface area contributed by atoms with Crippen LogP contribution in [0.5, 0.6) is 0 Å². The molecular weight excluding hydrogens is 420 g/mol. The maximum Gasteiger partial charge on any atom is 0.353 e. The van der Waals surface area contributed by atoms with Crippen molar-refractivity contribution in [3.05, 3.63) is 64.6 Å². The normalized spacial score (nSPS) is 15.9. The summed E-state index contributed by atoms with van der Waals surface area (Å²) in [6, 6.07) is 14.9. The van der Waals surface area contributed by atoms with E-state index >= 15 is 0 Å². The average molecular weight is 435 g/mol. The summed E-state index contributed by atoms with van der Waals surface area (Å²) in [6.07, 6.45) is 0. The van der Waals surface area contributed by atoms with E-state index in [-0.39, 0.29) is 11.8 Å². The second-order valence-corrected chi connectivity index (χ2v) is 7.99. The van der Waals surface area contributed by atoms with Gasteiger partial charge < -0.3 is 4.90 Å². The Morgan fingerprint density at radius 2 is 1.65 bits per heavy atom. The summed E-state index contributed by atoms with van der Waals surface area (Å²) in [6.45, 7) is 0. The van der Waals surface area contributed by atoms with Gasteiger partial charge in [-0.2, -0.15) is 17.7 Å². The third-order valence-electron chi connectivity index (χ3n) is 3.53. The number of rotatable bonds is 3. The Balaban J connectivity index is 2.17. The smallest absolute Gasteiger partial charge is 0.346 e. The molecule has 0 unspecified atom stereocenters. The molecule has 0 saturated carbocycles. The number of aliphatic imine (C=N–C) groups is 1. The van der Waals surface area contributed by atoms with Gasteiger partial charge in [0.25, 0.3) is 0 Å². The quantitative estimate of drug-likeness (QED) is 0.695. The van der Waals surface area contributed by atoms with E-state index in [0.29, 0.717) is 11.3 Å². The van der Waals surface area contributed by atoms with Crippen LogP contribution in [0.25, 0.3) is 0 Å². The van der Waals surface area contributed by atoms with Crippen LogP contribution >= 0.6 is 15.9 Å². The van der Waals surface area contributed by atoms with E-state index in [0.717, 1.165) is 8.78 Å². The number of Topliss-reactive ketones (excluding diaryl/α,β-unsaturated/α-hetero) is 1. The summed E-state index contributed by atoms with van der Waals surface area (Å²) in [4.78, 5) is 18.7. The summed E-state index contributed by atoms with van der Waals surface area (Å²) in [5, 5.41) is 0. The van der Waals surface area contributed by atoms with Gasteiger partial charge in [0.05, 0.1) is 5.69 Å². The van der Waals surface area contributed by atoms with Gasteiger partial charge in [0.2, 0.25) is 17.6 Å². The van der Waals surface area contributed by atoms with Crippen LogP contribution in [-0.2, 0) is 10.2 Å². The fourth-order valence-electron chi connectivity index (χ4n) is 2.29. The van der Waals surface area contributed by atoms with Crippen LogP contribution in [0.3, 0.4) is 0 Å². The summed E-state index contributed by atoms with van der Waals surface area (Å²) in [5.41, 5.74) is 0.612. The van der Waals surface area contributed by atoms with Gasteiger partial charge in [0.1, 0.15) is 0 Å². The number of para-hydroxylation sites is 1. The Labute approximate surface area is 160 Å². The van der Waals surface area contributed by atoms with Crippen molar-refractivity contribution in [2.75, 3.05) is 18.4 Å². The van der Waals surface area contributed by atoms with E-state index < -0.39 is 16.0 Å². The fourth-order valence-corrected chi connectivity index (χ4v) is 3.77. The number of carbonyl (C=O) groups excluding carboxylic acids is 1. The second-order valence-electron chi connectivity index (χ2n) is 5.63. The van der Waals surface area contributed by atoms with Gasteiger partial charge in [-0.1, -0.05) is 34.1 Å². The minimum absolute atomic E-state index is 0.0577. The first kappa shape index (κ1) is 18.3. The fraction of sp³-hybridized carbons (Fsp3) is 0.118. The Kier molecular flexibility index (Phi) is 4.92. The first-order valence-electron chi connectivity index (χ1n) is 7.56. The summed E-state index contributed by atoms with van der Waals surface area (Å²) >= 11 is 3.31. The Hall–Kier alpha value is -2.52. The zero-order chi connectivity index (χ0) is 18.9. The molecular formula is C17H15BrN4O3S. The highest BCUT2D eigenvalue weighted by Crippen LogP contribution is 2.24. The Bertz CT molecular complexity index is 1000. The van der Waals surface area contributed by atoms with Crippen molar-refractivity contribution in [2.24, 2.45) is 9.39 Å². The number of halogens is 1. The molecule has 0 bridgehead atoms. The van der Waals surface area contributed by atoms with Crippen LogP contribution in [0.4, 0.5) is 5.69 Å². The molecule has 0 N–H and O–H groups in total. The van der Waals surface area contributed by atoms with Gasteiger partial charge in [0.15, 0.2) is 0 Å². The van der Waals surface area contributed by atoms with Crippen LogP contribution in [-0.4, -0.2) is 45.0 Å². The lowest BCUT2D eigenvalue weighted by molar-refractivity contribution is 0.106. The van der Waals surface area contributed by atoms with Crippen molar-refractivity contribution < 1.29 is 13.2 Å². The third kappa shape index (κ3) is 3.54. The Morgan fingerprint density at radius 3 is 2.23 bits per heavy atom. The molecule has 2 aromatic carbocycles. The molecule has 1 aliphatic heterocycles. The number of benzene rings is 2. The van der Waals surface area contributed by atoms with E-state index in [9.17, 15) is 13.2 Å². The van der Waals surface area contributed by atoms with E-state index in [1.54, 1.807) is 68.7 Å². The molecule has 0 atom stereocenters. The molecule has 0 saturated heterocycles. The maximum absolute atomic E-state index is 13.0. The van der Waals surface area contributed by atoms with Gasteiger partial charge >= 0.3 is 10.2 Å². The Morgan fingerprint density at radius 1 is 1.04 bits per heavy atom. The number of carbonyl (C=O) groups is 1. The molecule has 1 heterocycles. The minimum atomic E-state index is -4.16. The van der Waals surface area contributed by atoms with Crippen molar-refractivity contribution in [3.63, 3.8) is 0 Å². The van der Waals surface area contributed by atoms with E-state index in [1.165, 1.54) is 4.90 Å². The zero-order valence-electron chi connectivity index (χ0n) is 14.0. The van der Waals surface area contributed by atoms with Crippen LogP contribution in [0.15, 0.2) is 68.5 Å². The molecule has 0 aliphatic carbocycles. The topological polar surface area (TPSA) is 82.4 Å². The lowest BCUT2D eigenvalue weighted by atomic mass is 10.1. The van der Waals surface area contributed by atoms with Gasteiger partial charge in [-0.3, -0.25) is 4.79 Å². The molecule has 0 radical (unpaired) electrons. The van der Waals surface area contributed by atoms with Crippen LogP contribution in [0.1, 0.15) is 10.4 Å². The summed E-state index contributed by atoms with van der Waals surface area (Å²) < 4.78 is 30.9. The monoisotopic (exact) mass is 434 g/mol. The molecule has 134 valence electrons. The number of hydrogen-bond acceptors (Lipinski definition) is 5. The van der Waals surface area contributed by atoms with Crippen molar-refractivity contribution in [1.29, 1.82) is 0 Å².